The van der Waals surface area contributed by atoms with Crippen molar-refractivity contribution in [3.05, 3.63) is 21.3 Å². The van der Waals surface area contributed by atoms with Crippen molar-refractivity contribution in [1.29, 1.82) is 0 Å². The SMILES string of the molecule is C#CCOc1c(I)cc(C[C@@H]2SC(=O)N(CCCC)C2=O)cc1OCC. The third kappa shape index (κ3) is 5.07. The first kappa shape index (κ1) is 20.9. The Morgan fingerprint density at radius 3 is 2.73 bits per heavy atom. The van der Waals surface area contributed by atoms with Gasteiger partial charge in [0.15, 0.2) is 11.5 Å². The maximum atomic E-state index is 12.5. The lowest BCUT2D eigenvalue weighted by molar-refractivity contribution is -0.126. The van der Waals surface area contributed by atoms with Gasteiger partial charge in [0.05, 0.1) is 15.4 Å². The van der Waals surface area contributed by atoms with E-state index in [1.54, 1.807) is 0 Å². The molecule has 5 nitrogen and oxygen atoms in total. The quantitative estimate of drug-likeness (QED) is 0.388. The zero-order chi connectivity index (χ0) is 19.1. The molecule has 1 aliphatic rings. The molecule has 1 fully saturated rings. The Kier molecular flexibility index (Phi) is 8.10. The molecule has 0 aliphatic carbocycles. The van der Waals surface area contributed by atoms with Crippen LogP contribution in [0.25, 0.3) is 0 Å². The van der Waals surface area contributed by atoms with Crippen molar-refractivity contribution in [2.45, 2.75) is 38.4 Å². The number of terminal acetylenes is 1. The number of hydrogen-bond donors (Lipinski definition) is 0. The predicted octanol–water partition coefficient (Wildman–Crippen LogP) is 4.11. The maximum Gasteiger partial charge on any atom is 0.289 e. The molecule has 2 rings (SSSR count). The summed E-state index contributed by atoms with van der Waals surface area (Å²) in [5, 5.41) is -0.538. The monoisotopic (exact) mass is 487 g/mol. The van der Waals surface area contributed by atoms with Gasteiger partial charge in [0.1, 0.15) is 6.61 Å². The van der Waals surface area contributed by atoms with Gasteiger partial charge >= 0.3 is 0 Å². The van der Waals surface area contributed by atoms with E-state index >= 15 is 0 Å². The van der Waals surface area contributed by atoms with Gasteiger partial charge in [0.25, 0.3) is 5.24 Å². The molecule has 1 saturated heterocycles. The maximum absolute atomic E-state index is 12.5. The molecule has 0 unspecified atom stereocenters. The summed E-state index contributed by atoms with van der Waals surface area (Å²) in [5.74, 6) is 3.56. The fraction of sp³-hybridized carbons (Fsp3) is 0.474. The molecule has 1 aromatic carbocycles. The molecule has 26 heavy (non-hydrogen) atoms. The Morgan fingerprint density at radius 2 is 2.08 bits per heavy atom. The van der Waals surface area contributed by atoms with Gasteiger partial charge < -0.3 is 9.47 Å². The summed E-state index contributed by atoms with van der Waals surface area (Å²) >= 11 is 3.27. The van der Waals surface area contributed by atoms with Gasteiger partial charge in [-0.15, -0.1) is 6.42 Å². The lowest BCUT2D eigenvalue weighted by atomic mass is 10.1. The Hall–Kier alpha value is -1.40. The van der Waals surface area contributed by atoms with E-state index in [1.807, 2.05) is 26.0 Å². The minimum Gasteiger partial charge on any atom is -0.490 e. The van der Waals surface area contributed by atoms with Gasteiger partial charge in [-0.25, -0.2) is 0 Å². The molecule has 0 radical (unpaired) electrons. The molecule has 140 valence electrons. The van der Waals surface area contributed by atoms with Crippen LogP contribution in [-0.2, 0) is 11.2 Å². The molecule has 0 spiro atoms. The fourth-order valence-corrected chi connectivity index (χ4v) is 4.49. The van der Waals surface area contributed by atoms with Crippen LogP contribution in [0, 0.1) is 15.9 Å². The van der Waals surface area contributed by atoms with Crippen molar-refractivity contribution < 1.29 is 19.1 Å². The van der Waals surface area contributed by atoms with E-state index in [4.69, 9.17) is 15.9 Å². The highest BCUT2D eigenvalue weighted by molar-refractivity contribution is 14.1. The van der Waals surface area contributed by atoms with E-state index in [0.717, 1.165) is 33.7 Å². The zero-order valence-electron chi connectivity index (χ0n) is 14.9. The number of rotatable bonds is 9. The van der Waals surface area contributed by atoms with Crippen molar-refractivity contribution in [1.82, 2.24) is 4.90 Å². The molecule has 2 amide bonds. The van der Waals surface area contributed by atoms with Gasteiger partial charge in [-0.05, 0) is 60.1 Å². The topological polar surface area (TPSA) is 55.8 Å². The highest BCUT2D eigenvalue weighted by Gasteiger charge is 2.39. The fourth-order valence-electron chi connectivity index (χ4n) is 2.62. The first-order valence-corrected chi connectivity index (χ1v) is 10.5. The summed E-state index contributed by atoms with van der Waals surface area (Å²) in [7, 11) is 0. The van der Waals surface area contributed by atoms with Crippen LogP contribution < -0.4 is 9.47 Å². The highest BCUT2D eigenvalue weighted by Crippen LogP contribution is 2.36. The van der Waals surface area contributed by atoms with Crippen molar-refractivity contribution in [2.24, 2.45) is 0 Å². The Balaban J connectivity index is 2.18. The molecule has 1 heterocycles. The zero-order valence-corrected chi connectivity index (χ0v) is 17.9. The minimum atomic E-state index is -0.387. The summed E-state index contributed by atoms with van der Waals surface area (Å²) in [6, 6.07) is 3.81. The third-order valence-corrected chi connectivity index (χ3v) is 5.71. The van der Waals surface area contributed by atoms with Crippen molar-refractivity contribution >= 4 is 45.5 Å². The largest absolute Gasteiger partial charge is 0.490 e. The number of benzene rings is 1. The van der Waals surface area contributed by atoms with Crippen LogP contribution in [-0.4, -0.2) is 41.1 Å². The molecular formula is C19H22INO4S. The van der Waals surface area contributed by atoms with Crippen LogP contribution in [0.5, 0.6) is 11.5 Å². The molecule has 0 bridgehead atoms. The van der Waals surface area contributed by atoms with Gasteiger partial charge in [-0.2, -0.15) is 0 Å². The van der Waals surface area contributed by atoms with Gasteiger partial charge in [-0.3, -0.25) is 14.5 Å². The van der Waals surface area contributed by atoms with E-state index in [-0.39, 0.29) is 23.0 Å². The van der Waals surface area contributed by atoms with E-state index in [2.05, 4.69) is 28.5 Å². The number of unbranched alkanes of at least 4 members (excludes halogenated alkanes) is 1. The average molecular weight is 487 g/mol. The van der Waals surface area contributed by atoms with E-state index in [9.17, 15) is 9.59 Å². The molecule has 1 aliphatic heterocycles. The third-order valence-electron chi connectivity index (χ3n) is 3.83. The Labute approximate surface area is 172 Å². The van der Waals surface area contributed by atoms with E-state index in [1.165, 1.54) is 4.90 Å². The summed E-state index contributed by atoms with van der Waals surface area (Å²) in [6.07, 6.45) is 7.52. The smallest absolute Gasteiger partial charge is 0.289 e. The lowest BCUT2D eigenvalue weighted by Gasteiger charge is -2.16. The number of halogens is 1. The minimum absolute atomic E-state index is 0.103. The second kappa shape index (κ2) is 10.1. The summed E-state index contributed by atoms with van der Waals surface area (Å²) < 4.78 is 12.1. The van der Waals surface area contributed by atoms with Crippen LogP contribution in [0.1, 0.15) is 32.3 Å². The van der Waals surface area contributed by atoms with Crippen molar-refractivity contribution in [2.75, 3.05) is 19.8 Å². The number of ether oxygens (including phenoxy) is 2. The lowest BCUT2D eigenvalue weighted by Crippen LogP contribution is -2.33. The van der Waals surface area contributed by atoms with Crippen LogP contribution in [0.3, 0.4) is 0 Å². The molecule has 1 atom stereocenters. The van der Waals surface area contributed by atoms with Crippen molar-refractivity contribution in [3.8, 4) is 23.8 Å². The number of hydrogen-bond acceptors (Lipinski definition) is 5. The number of carbonyl (C=O) groups is 2. The number of imide groups is 1. The van der Waals surface area contributed by atoms with Crippen LogP contribution in [0.2, 0.25) is 0 Å². The first-order valence-electron chi connectivity index (χ1n) is 8.55. The van der Waals surface area contributed by atoms with Gasteiger partial charge in [-0.1, -0.05) is 31.0 Å². The summed E-state index contributed by atoms with van der Waals surface area (Å²) in [5.41, 5.74) is 0.932. The average Bonchev–Trinajstić information content (AvgIpc) is 2.86. The number of carbonyl (C=O) groups excluding carboxylic acids is 2. The van der Waals surface area contributed by atoms with Crippen LogP contribution in [0.15, 0.2) is 12.1 Å². The molecular weight excluding hydrogens is 465 g/mol. The molecule has 7 heteroatoms. The standard InChI is InChI=1S/C19H22INO4S/c1-4-7-8-21-18(22)16(26-19(21)23)12-13-10-14(20)17(25-9-5-2)15(11-13)24-6-3/h2,10-11,16H,4,6-9,12H2,1,3H3/t16-/m0/s1. The molecule has 0 aromatic heterocycles. The second-order valence-electron chi connectivity index (χ2n) is 5.75. The highest BCUT2D eigenvalue weighted by atomic mass is 127. The number of thioether (sulfide) groups is 1. The van der Waals surface area contributed by atoms with E-state index < -0.39 is 0 Å². The number of amides is 2. The summed E-state index contributed by atoms with van der Waals surface area (Å²) in [4.78, 5) is 26.0. The van der Waals surface area contributed by atoms with Gasteiger partial charge in [0, 0.05) is 6.54 Å². The Bertz CT molecular complexity index is 716. The summed E-state index contributed by atoms with van der Waals surface area (Å²) in [6.45, 7) is 5.08. The molecule has 0 saturated carbocycles. The molecule has 1 aromatic rings. The van der Waals surface area contributed by atoms with Crippen LogP contribution >= 0.6 is 34.4 Å². The van der Waals surface area contributed by atoms with Crippen LogP contribution in [0.4, 0.5) is 4.79 Å². The number of nitrogens with zero attached hydrogens (tertiary/aromatic N) is 1. The normalized spacial score (nSPS) is 16.7. The first-order chi connectivity index (χ1) is 12.5. The Morgan fingerprint density at radius 1 is 1.31 bits per heavy atom. The second-order valence-corrected chi connectivity index (χ2v) is 8.07. The molecule has 0 N–H and O–H groups in total. The van der Waals surface area contributed by atoms with E-state index in [0.29, 0.717) is 31.1 Å². The van der Waals surface area contributed by atoms with Crippen molar-refractivity contribution in [3.63, 3.8) is 0 Å². The predicted molar refractivity (Wildman–Crippen MR) is 112 cm³/mol. The van der Waals surface area contributed by atoms with Gasteiger partial charge in [0.2, 0.25) is 5.91 Å².